The monoisotopic (exact) mass is 319 g/mol. The van der Waals surface area contributed by atoms with Gasteiger partial charge in [0.05, 0.1) is 12.1 Å². The summed E-state index contributed by atoms with van der Waals surface area (Å²) in [7, 11) is 0. The van der Waals surface area contributed by atoms with E-state index in [0.29, 0.717) is 22.1 Å². The van der Waals surface area contributed by atoms with Crippen molar-refractivity contribution in [2.45, 2.75) is 6.42 Å². The third kappa shape index (κ3) is 4.46. The number of amides is 1. The summed E-state index contributed by atoms with van der Waals surface area (Å²) in [5, 5.41) is 14.8. The van der Waals surface area contributed by atoms with Crippen LogP contribution in [0, 0.1) is 0 Å². The fourth-order valence-corrected chi connectivity index (χ4v) is 1.86. The lowest BCUT2D eigenvalue weighted by Crippen LogP contribution is -2.15. The molecule has 1 aromatic heterocycles. The maximum atomic E-state index is 12.2. The molecule has 6 nitrogen and oxygen atoms in total. The summed E-state index contributed by atoms with van der Waals surface area (Å²) >= 11 is 5.78. The van der Waals surface area contributed by atoms with Crippen molar-refractivity contribution in [3.05, 3.63) is 53.2 Å². The van der Waals surface area contributed by atoms with E-state index in [1.54, 1.807) is 42.6 Å². The Balaban J connectivity index is 2.07. The number of aromatic nitrogens is 1. The number of pyridine rings is 1. The maximum absolute atomic E-state index is 12.2. The van der Waals surface area contributed by atoms with Gasteiger partial charge in [0.25, 0.3) is 5.91 Å². The number of carboxylic acid groups (broad SMARTS) is 1. The molecule has 0 radical (unpaired) electrons. The van der Waals surface area contributed by atoms with Gasteiger partial charge in [0.15, 0.2) is 0 Å². The molecule has 2 rings (SSSR count). The number of halogens is 1. The average Bonchev–Trinajstić information content (AvgIpc) is 2.49. The van der Waals surface area contributed by atoms with Crippen LogP contribution in [0.25, 0.3) is 0 Å². The van der Waals surface area contributed by atoms with Gasteiger partial charge in [0.1, 0.15) is 5.82 Å². The molecule has 114 valence electrons. The van der Waals surface area contributed by atoms with Gasteiger partial charge in [-0.2, -0.15) is 0 Å². The predicted molar refractivity (Wildman–Crippen MR) is 84.4 cm³/mol. The van der Waals surface area contributed by atoms with Crippen LogP contribution in [0.2, 0.25) is 5.02 Å². The van der Waals surface area contributed by atoms with Gasteiger partial charge in [-0.15, -0.1) is 0 Å². The molecule has 0 spiro atoms. The lowest BCUT2D eigenvalue weighted by atomic mass is 10.2. The van der Waals surface area contributed by atoms with E-state index in [1.807, 2.05) is 0 Å². The normalized spacial score (nSPS) is 10.0. The first-order valence-corrected chi connectivity index (χ1v) is 6.91. The predicted octanol–water partition coefficient (Wildman–Crippen LogP) is 2.87. The SMILES string of the molecule is O=C(O)CCNc1ncccc1NC(=O)c1ccc(Cl)cc1. The maximum Gasteiger partial charge on any atom is 0.305 e. The minimum absolute atomic E-state index is 0.0405. The van der Waals surface area contributed by atoms with Gasteiger partial charge in [0.2, 0.25) is 0 Å². The van der Waals surface area contributed by atoms with Gasteiger partial charge in [-0.25, -0.2) is 4.98 Å². The quantitative estimate of drug-likeness (QED) is 0.761. The number of carboxylic acids is 1. The molecule has 2 aromatic rings. The van der Waals surface area contributed by atoms with E-state index in [-0.39, 0.29) is 18.9 Å². The number of rotatable bonds is 6. The van der Waals surface area contributed by atoms with Crippen molar-refractivity contribution in [2.24, 2.45) is 0 Å². The highest BCUT2D eigenvalue weighted by atomic mass is 35.5. The van der Waals surface area contributed by atoms with Crippen LogP contribution < -0.4 is 10.6 Å². The molecular weight excluding hydrogens is 306 g/mol. The van der Waals surface area contributed by atoms with E-state index >= 15 is 0 Å². The Morgan fingerprint density at radius 1 is 1.18 bits per heavy atom. The summed E-state index contributed by atoms with van der Waals surface area (Å²) < 4.78 is 0. The molecule has 1 aromatic carbocycles. The van der Waals surface area contributed by atoms with E-state index in [1.165, 1.54) is 0 Å². The van der Waals surface area contributed by atoms with Crippen LogP contribution in [0.1, 0.15) is 16.8 Å². The molecular formula is C15H14ClN3O3. The smallest absolute Gasteiger partial charge is 0.305 e. The minimum Gasteiger partial charge on any atom is -0.481 e. The molecule has 1 amide bonds. The van der Waals surface area contributed by atoms with E-state index in [4.69, 9.17) is 16.7 Å². The van der Waals surface area contributed by atoms with Crippen LogP contribution in [-0.4, -0.2) is 28.5 Å². The highest BCUT2D eigenvalue weighted by molar-refractivity contribution is 6.30. The Morgan fingerprint density at radius 2 is 1.91 bits per heavy atom. The number of anilines is 2. The van der Waals surface area contributed by atoms with E-state index in [9.17, 15) is 9.59 Å². The Labute approximate surface area is 132 Å². The first-order valence-electron chi connectivity index (χ1n) is 6.54. The number of carbonyl (C=O) groups excluding carboxylic acids is 1. The van der Waals surface area contributed by atoms with Crippen molar-refractivity contribution in [1.29, 1.82) is 0 Å². The fraction of sp³-hybridized carbons (Fsp3) is 0.133. The van der Waals surface area contributed by atoms with Crippen molar-refractivity contribution in [3.63, 3.8) is 0 Å². The molecule has 0 aliphatic heterocycles. The van der Waals surface area contributed by atoms with Crippen molar-refractivity contribution >= 4 is 35.0 Å². The summed E-state index contributed by atoms with van der Waals surface area (Å²) in [6.45, 7) is 0.218. The molecule has 0 bridgehead atoms. The van der Waals surface area contributed by atoms with Crippen molar-refractivity contribution in [2.75, 3.05) is 17.2 Å². The van der Waals surface area contributed by atoms with Crippen LogP contribution in [0.3, 0.4) is 0 Å². The number of carbonyl (C=O) groups is 2. The molecule has 3 N–H and O–H groups in total. The van der Waals surface area contributed by atoms with Crippen molar-refractivity contribution in [1.82, 2.24) is 4.98 Å². The summed E-state index contributed by atoms with van der Waals surface area (Å²) in [5.74, 6) is -0.785. The van der Waals surface area contributed by atoms with E-state index in [0.717, 1.165) is 0 Å². The molecule has 0 aliphatic carbocycles. The van der Waals surface area contributed by atoms with Crippen LogP contribution >= 0.6 is 11.6 Å². The van der Waals surface area contributed by atoms with Crippen molar-refractivity contribution in [3.8, 4) is 0 Å². The average molecular weight is 320 g/mol. The molecule has 1 heterocycles. The van der Waals surface area contributed by atoms with Crippen LogP contribution in [0.4, 0.5) is 11.5 Å². The molecule has 0 unspecified atom stereocenters. The Hall–Kier alpha value is -2.60. The number of hydrogen-bond acceptors (Lipinski definition) is 4. The standard InChI is InChI=1S/C15H14ClN3O3/c16-11-5-3-10(4-6-11)15(22)19-12-2-1-8-17-14(12)18-9-7-13(20)21/h1-6,8H,7,9H2,(H,17,18)(H,19,22)(H,20,21). The topological polar surface area (TPSA) is 91.3 Å². The van der Waals surface area contributed by atoms with Gasteiger partial charge in [0, 0.05) is 23.3 Å². The number of aliphatic carboxylic acids is 1. The number of nitrogens with zero attached hydrogens (tertiary/aromatic N) is 1. The molecule has 7 heteroatoms. The second-order valence-electron chi connectivity index (χ2n) is 4.43. The van der Waals surface area contributed by atoms with Crippen molar-refractivity contribution < 1.29 is 14.7 Å². The number of nitrogens with one attached hydrogen (secondary N) is 2. The summed E-state index contributed by atoms with van der Waals surface area (Å²) in [5.41, 5.74) is 0.942. The van der Waals surface area contributed by atoms with Gasteiger partial charge in [-0.1, -0.05) is 11.6 Å². The molecule has 0 saturated carbocycles. The number of hydrogen-bond donors (Lipinski definition) is 3. The van der Waals surface area contributed by atoms with Gasteiger partial charge in [-0.05, 0) is 36.4 Å². The zero-order valence-corrected chi connectivity index (χ0v) is 12.3. The molecule has 0 saturated heterocycles. The third-order valence-corrected chi connectivity index (χ3v) is 3.05. The van der Waals surface area contributed by atoms with Crippen LogP contribution in [-0.2, 0) is 4.79 Å². The highest BCUT2D eigenvalue weighted by Crippen LogP contribution is 2.19. The molecule has 0 aliphatic rings. The second kappa shape index (κ2) is 7.42. The summed E-state index contributed by atoms with van der Waals surface area (Å²) in [6.07, 6.45) is 1.52. The summed E-state index contributed by atoms with van der Waals surface area (Å²) in [6, 6.07) is 9.86. The number of benzene rings is 1. The first-order chi connectivity index (χ1) is 10.6. The largest absolute Gasteiger partial charge is 0.481 e. The Bertz CT molecular complexity index is 674. The van der Waals surface area contributed by atoms with Gasteiger partial charge >= 0.3 is 5.97 Å². The molecule has 22 heavy (non-hydrogen) atoms. The highest BCUT2D eigenvalue weighted by Gasteiger charge is 2.10. The zero-order chi connectivity index (χ0) is 15.9. The Kier molecular flexibility index (Phi) is 5.32. The third-order valence-electron chi connectivity index (χ3n) is 2.79. The van der Waals surface area contributed by atoms with E-state index < -0.39 is 5.97 Å². The first kappa shape index (κ1) is 15.8. The zero-order valence-electron chi connectivity index (χ0n) is 11.5. The molecule has 0 atom stereocenters. The second-order valence-corrected chi connectivity index (χ2v) is 4.87. The summed E-state index contributed by atoms with van der Waals surface area (Å²) in [4.78, 5) is 26.8. The van der Waals surface area contributed by atoms with Crippen LogP contribution in [0.5, 0.6) is 0 Å². The fourth-order valence-electron chi connectivity index (χ4n) is 1.73. The lowest BCUT2D eigenvalue weighted by molar-refractivity contribution is -0.136. The Morgan fingerprint density at radius 3 is 2.59 bits per heavy atom. The van der Waals surface area contributed by atoms with E-state index in [2.05, 4.69) is 15.6 Å². The lowest BCUT2D eigenvalue weighted by Gasteiger charge is -2.11. The van der Waals surface area contributed by atoms with Gasteiger partial charge < -0.3 is 15.7 Å². The van der Waals surface area contributed by atoms with Gasteiger partial charge in [-0.3, -0.25) is 9.59 Å². The minimum atomic E-state index is -0.907. The molecule has 0 fully saturated rings. The van der Waals surface area contributed by atoms with Crippen LogP contribution in [0.15, 0.2) is 42.6 Å².